The Hall–Kier alpha value is -3.22. The smallest absolute Gasteiger partial charge is 0.339 e. The van der Waals surface area contributed by atoms with Crippen molar-refractivity contribution in [2.24, 2.45) is 0 Å². The van der Waals surface area contributed by atoms with Gasteiger partial charge in [-0.2, -0.15) is 0 Å². The third-order valence-corrected chi connectivity index (χ3v) is 3.95. The highest BCUT2D eigenvalue weighted by Crippen LogP contribution is 2.26. The molecule has 7 heteroatoms. The van der Waals surface area contributed by atoms with E-state index in [2.05, 4.69) is 0 Å². The van der Waals surface area contributed by atoms with Crippen LogP contribution in [0.15, 0.2) is 48.5 Å². The van der Waals surface area contributed by atoms with E-state index in [1.807, 2.05) is 0 Å². The molecular weight excluding hydrogens is 324 g/mol. The maximum atomic E-state index is 12.8. The molecule has 0 aromatic heterocycles. The van der Waals surface area contributed by atoms with Gasteiger partial charge < -0.3 is 9.64 Å². The first-order valence-corrected chi connectivity index (χ1v) is 7.56. The molecule has 0 unspecified atom stereocenters. The molecule has 130 valence electrons. The van der Waals surface area contributed by atoms with Gasteiger partial charge in [0.25, 0.3) is 5.69 Å². The lowest BCUT2D eigenvalue weighted by atomic mass is 9.98. The predicted octanol–water partition coefficient (Wildman–Crippen LogP) is 3.15. The lowest BCUT2D eigenvalue weighted by Crippen LogP contribution is -2.31. The van der Waals surface area contributed by atoms with Crippen LogP contribution in [0.5, 0.6) is 0 Å². The molecule has 0 aliphatic rings. The van der Waals surface area contributed by atoms with E-state index in [0.29, 0.717) is 11.3 Å². The number of ether oxygens (including phenoxy) is 1. The third-order valence-electron chi connectivity index (χ3n) is 3.95. The summed E-state index contributed by atoms with van der Waals surface area (Å²) < 4.78 is 4.74. The summed E-state index contributed by atoms with van der Waals surface area (Å²) in [5.41, 5.74) is 1.14. The van der Waals surface area contributed by atoms with Crippen molar-refractivity contribution in [2.45, 2.75) is 12.8 Å². The largest absolute Gasteiger partial charge is 0.465 e. The number of likely N-dealkylation sites (N-methyl/N-ethyl adjacent to an activating group) is 1. The summed E-state index contributed by atoms with van der Waals surface area (Å²) in [6.45, 7) is 1.67. The van der Waals surface area contributed by atoms with Gasteiger partial charge in [0.15, 0.2) is 0 Å². The van der Waals surface area contributed by atoms with Crippen molar-refractivity contribution in [1.82, 2.24) is 0 Å². The van der Waals surface area contributed by atoms with Crippen molar-refractivity contribution in [3.05, 3.63) is 69.8 Å². The van der Waals surface area contributed by atoms with Crippen LogP contribution in [0.3, 0.4) is 0 Å². The van der Waals surface area contributed by atoms with Gasteiger partial charge in [0.2, 0.25) is 5.91 Å². The Morgan fingerprint density at radius 2 is 1.84 bits per heavy atom. The molecule has 7 nitrogen and oxygen atoms in total. The molecule has 25 heavy (non-hydrogen) atoms. The Labute approximate surface area is 145 Å². The normalized spacial score (nSPS) is 11.5. The van der Waals surface area contributed by atoms with Crippen molar-refractivity contribution >= 4 is 23.3 Å². The molecule has 0 N–H and O–H groups in total. The highest BCUT2D eigenvalue weighted by molar-refractivity contribution is 6.04. The van der Waals surface area contributed by atoms with Gasteiger partial charge >= 0.3 is 5.97 Å². The molecule has 1 amide bonds. The molecule has 0 aliphatic heterocycles. The van der Waals surface area contributed by atoms with E-state index in [9.17, 15) is 19.7 Å². The summed E-state index contributed by atoms with van der Waals surface area (Å²) in [6, 6.07) is 12.6. The lowest BCUT2D eigenvalue weighted by Gasteiger charge is -2.23. The number of para-hydroxylation sites is 1. The summed E-state index contributed by atoms with van der Waals surface area (Å²) in [6.07, 6.45) is 0. The van der Waals surface area contributed by atoms with Gasteiger partial charge in [-0.3, -0.25) is 14.9 Å². The second-order valence-corrected chi connectivity index (χ2v) is 5.48. The van der Waals surface area contributed by atoms with Gasteiger partial charge in [0.1, 0.15) is 0 Å². The van der Waals surface area contributed by atoms with Gasteiger partial charge in [-0.25, -0.2) is 4.79 Å². The number of methoxy groups -OCH3 is 1. The number of hydrogen-bond acceptors (Lipinski definition) is 5. The number of carbonyl (C=O) groups is 2. The molecule has 1 atom stereocenters. The van der Waals surface area contributed by atoms with Gasteiger partial charge in [0.05, 0.1) is 29.2 Å². The highest BCUT2D eigenvalue weighted by atomic mass is 16.6. The number of esters is 1. The first-order chi connectivity index (χ1) is 11.9. The summed E-state index contributed by atoms with van der Waals surface area (Å²) in [5, 5.41) is 10.9. The number of nitro groups is 1. The number of nitrogens with zero attached hydrogens (tertiary/aromatic N) is 2. The minimum absolute atomic E-state index is 0.0743. The van der Waals surface area contributed by atoms with Crippen molar-refractivity contribution in [3.8, 4) is 0 Å². The van der Waals surface area contributed by atoms with E-state index in [1.54, 1.807) is 50.4 Å². The van der Waals surface area contributed by atoms with E-state index < -0.39 is 16.8 Å². The fraction of sp³-hybridized carbons (Fsp3) is 0.222. The number of non-ortho nitro benzene ring substituents is 1. The number of amides is 1. The highest BCUT2D eigenvalue weighted by Gasteiger charge is 2.24. The van der Waals surface area contributed by atoms with Gasteiger partial charge in [-0.1, -0.05) is 24.3 Å². The van der Waals surface area contributed by atoms with Crippen molar-refractivity contribution in [1.29, 1.82) is 0 Å². The van der Waals surface area contributed by atoms with E-state index in [1.165, 1.54) is 24.1 Å². The van der Waals surface area contributed by atoms with Crippen molar-refractivity contribution < 1.29 is 19.2 Å². The molecule has 0 radical (unpaired) electrons. The van der Waals surface area contributed by atoms with Crippen molar-refractivity contribution in [3.63, 3.8) is 0 Å². The van der Waals surface area contributed by atoms with Crippen LogP contribution in [0.2, 0.25) is 0 Å². The number of nitro benzene ring substituents is 1. The first-order valence-electron chi connectivity index (χ1n) is 7.56. The second-order valence-electron chi connectivity index (χ2n) is 5.48. The summed E-state index contributed by atoms with van der Waals surface area (Å²) in [4.78, 5) is 36.4. The molecule has 0 saturated carbocycles. The van der Waals surface area contributed by atoms with Crippen LogP contribution < -0.4 is 4.90 Å². The number of carbonyl (C=O) groups excluding carboxylic acids is 2. The van der Waals surface area contributed by atoms with Crippen LogP contribution in [0, 0.1) is 10.1 Å². The van der Waals surface area contributed by atoms with Gasteiger partial charge in [-0.15, -0.1) is 0 Å². The Kier molecular flexibility index (Phi) is 5.49. The van der Waals surface area contributed by atoms with E-state index in [4.69, 9.17) is 4.74 Å². The zero-order valence-corrected chi connectivity index (χ0v) is 14.1. The number of anilines is 1. The first kappa shape index (κ1) is 18.1. The topological polar surface area (TPSA) is 89.8 Å². The molecule has 0 fully saturated rings. The minimum atomic E-state index is -0.615. The van der Waals surface area contributed by atoms with Crippen molar-refractivity contribution in [2.75, 3.05) is 19.1 Å². The standard InChI is InChI=1S/C18H18N2O5/c1-12(13-7-6-8-14(11-13)20(23)24)17(21)19(2)16-10-5-4-9-15(16)18(22)25-3/h4-12H,1-3H3/t12-/m1/s1. The van der Waals surface area contributed by atoms with Crippen LogP contribution in [0.1, 0.15) is 28.8 Å². The van der Waals surface area contributed by atoms with Crippen LogP contribution in [0.4, 0.5) is 11.4 Å². The molecule has 0 heterocycles. The average molecular weight is 342 g/mol. The molecule has 0 aliphatic carbocycles. The average Bonchev–Trinajstić information content (AvgIpc) is 2.65. The Morgan fingerprint density at radius 1 is 1.16 bits per heavy atom. The van der Waals surface area contributed by atoms with E-state index in [-0.39, 0.29) is 17.2 Å². The quantitative estimate of drug-likeness (QED) is 0.473. The second kappa shape index (κ2) is 7.57. The van der Waals surface area contributed by atoms with Crippen LogP contribution >= 0.6 is 0 Å². The van der Waals surface area contributed by atoms with Gasteiger partial charge in [-0.05, 0) is 24.6 Å². The fourth-order valence-corrected chi connectivity index (χ4v) is 2.51. The molecule has 0 bridgehead atoms. The third kappa shape index (κ3) is 3.82. The van der Waals surface area contributed by atoms with Crippen LogP contribution in [-0.2, 0) is 9.53 Å². The summed E-state index contributed by atoms with van der Waals surface area (Å²) >= 11 is 0. The monoisotopic (exact) mass is 342 g/mol. The minimum Gasteiger partial charge on any atom is -0.465 e. The molecule has 2 aromatic carbocycles. The molecule has 2 rings (SSSR count). The Bertz CT molecular complexity index is 819. The number of hydrogen-bond donors (Lipinski definition) is 0. The van der Waals surface area contributed by atoms with E-state index >= 15 is 0 Å². The molecule has 0 spiro atoms. The number of benzene rings is 2. The molecule has 0 saturated heterocycles. The fourth-order valence-electron chi connectivity index (χ4n) is 2.51. The maximum Gasteiger partial charge on any atom is 0.339 e. The summed E-state index contributed by atoms with van der Waals surface area (Å²) in [7, 11) is 2.82. The Balaban J connectivity index is 2.33. The zero-order valence-electron chi connectivity index (χ0n) is 14.1. The molecule has 2 aromatic rings. The predicted molar refractivity (Wildman–Crippen MR) is 92.7 cm³/mol. The zero-order chi connectivity index (χ0) is 18.6. The Morgan fingerprint density at radius 3 is 2.48 bits per heavy atom. The maximum absolute atomic E-state index is 12.8. The van der Waals surface area contributed by atoms with Gasteiger partial charge in [0, 0.05) is 19.2 Å². The number of rotatable bonds is 5. The van der Waals surface area contributed by atoms with E-state index in [0.717, 1.165) is 0 Å². The van der Waals surface area contributed by atoms with Crippen LogP contribution in [-0.4, -0.2) is 31.0 Å². The van der Waals surface area contributed by atoms with Crippen LogP contribution in [0.25, 0.3) is 0 Å². The lowest BCUT2D eigenvalue weighted by molar-refractivity contribution is -0.384. The molecular formula is C18H18N2O5. The summed E-state index contributed by atoms with van der Waals surface area (Å²) in [5.74, 6) is -1.45. The SMILES string of the molecule is COC(=O)c1ccccc1N(C)C(=O)[C@H](C)c1cccc([N+](=O)[O-])c1.